The highest BCUT2D eigenvalue weighted by Gasteiger charge is 2.39. The van der Waals surface area contributed by atoms with Crippen molar-refractivity contribution in [2.24, 2.45) is 5.41 Å². The first-order valence-corrected chi connectivity index (χ1v) is 9.52. The van der Waals surface area contributed by atoms with Crippen LogP contribution in [0.4, 0.5) is 0 Å². The van der Waals surface area contributed by atoms with Crippen molar-refractivity contribution in [3.05, 3.63) is 70.8 Å². The van der Waals surface area contributed by atoms with E-state index in [1.807, 2.05) is 39.8 Å². The van der Waals surface area contributed by atoms with Crippen molar-refractivity contribution in [1.29, 1.82) is 0 Å². The van der Waals surface area contributed by atoms with Gasteiger partial charge in [-0.25, -0.2) is 0 Å². The van der Waals surface area contributed by atoms with Crippen molar-refractivity contribution >= 4 is 16.9 Å². The summed E-state index contributed by atoms with van der Waals surface area (Å²) in [5.74, 6) is 0.268. The number of ketones is 1. The number of carbonyl (C=O) groups excluding carboxylic acids is 1. The predicted octanol–water partition coefficient (Wildman–Crippen LogP) is 6.36. The largest absolute Gasteiger partial charge is 0.294 e. The fraction of sp³-hybridized carbons (Fsp3) is 0.375. The number of hydrogen-bond donors (Lipinski definition) is 0. The third kappa shape index (κ3) is 3.33. The summed E-state index contributed by atoms with van der Waals surface area (Å²) in [6.07, 6.45) is 1.52. The van der Waals surface area contributed by atoms with Crippen molar-refractivity contribution < 1.29 is 4.79 Å². The van der Waals surface area contributed by atoms with Crippen LogP contribution in [-0.2, 0) is 17.6 Å². The minimum Gasteiger partial charge on any atom is -0.294 e. The number of allylic oxidation sites excluding steroid dienone is 2. The second-order valence-electron chi connectivity index (χ2n) is 6.72. The Bertz CT molecular complexity index is 793. The first-order chi connectivity index (χ1) is 12.1. The predicted molar refractivity (Wildman–Crippen MR) is 109 cm³/mol. The van der Waals surface area contributed by atoms with E-state index in [9.17, 15) is 4.79 Å². The van der Waals surface area contributed by atoms with Gasteiger partial charge < -0.3 is 0 Å². The normalized spacial score (nSPS) is 16.3. The van der Waals surface area contributed by atoms with Crippen LogP contribution < -0.4 is 0 Å². The topological polar surface area (TPSA) is 17.1 Å². The molecule has 132 valence electrons. The lowest BCUT2D eigenvalue weighted by atomic mass is 9.64. The molecule has 4 rings (SSSR count). The molecule has 1 nitrogen and oxygen atoms in total. The molecule has 2 aliphatic rings. The average Bonchev–Trinajstić information content (AvgIpc) is 2.64. The third-order valence-corrected chi connectivity index (χ3v) is 4.76. The highest BCUT2D eigenvalue weighted by atomic mass is 16.1. The van der Waals surface area contributed by atoms with Gasteiger partial charge in [0.1, 0.15) is 0 Å². The van der Waals surface area contributed by atoms with Crippen molar-refractivity contribution in [3.8, 4) is 0 Å². The van der Waals surface area contributed by atoms with Gasteiger partial charge in [-0.2, -0.15) is 0 Å². The fourth-order valence-electron chi connectivity index (χ4n) is 3.92. The van der Waals surface area contributed by atoms with Crippen LogP contribution in [0.15, 0.2) is 48.5 Å². The Morgan fingerprint density at radius 3 is 1.92 bits per heavy atom. The minimum absolute atomic E-state index is 0.00410. The second kappa shape index (κ2) is 7.82. The first-order valence-electron chi connectivity index (χ1n) is 9.52. The zero-order valence-corrected chi connectivity index (χ0v) is 16.4. The molecule has 2 aromatic carbocycles. The van der Waals surface area contributed by atoms with E-state index >= 15 is 0 Å². The van der Waals surface area contributed by atoms with Gasteiger partial charge in [-0.15, -0.1) is 0 Å². The van der Waals surface area contributed by atoms with Gasteiger partial charge in [0.2, 0.25) is 0 Å². The first kappa shape index (κ1) is 19.2. The molecule has 0 radical (unpaired) electrons. The Morgan fingerprint density at radius 2 is 1.28 bits per heavy atom. The van der Waals surface area contributed by atoms with E-state index in [2.05, 4.69) is 50.2 Å². The van der Waals surface area contributed by atoms with Crippen LogP contribution in [0.25, 0.3) is 11.1 Å². The Labute approximate surface area is 152 Å². The van der Waals surface area contributed by atoms with Crippen LogP contribution in [0.2, 0.25) is 0 Å². The quantitative estimate of drug-likeness (QED) is 0.548. The average molecular weight is 335 g/mol. The van der Waals surface area contributed by atoms with Gasteiger partial charge in [-0.1, -0.05) is 90.1 Å². The summed E-state index contributed by atoms with van der Waals surface area (Å²) >= 11 is 0. The molecule has 0 saturated carbocycles. The molecule has 0 unspecified atom stereocenters. The summed E-state index contributed by atoms with van der Waals surface area (Å²) in [7, 11) is 0. The van der Waals surface area contributed by atoms with Crippen LogP contribution >= 0.6 is 0 Å². The van der Waals surface area contributed by atoms with E-state index in [1.165, 1.54) is 22.3 Å². The molecular formula is C24H30O. The molecule has 0 saturated heterocycles. The van der Waals surface area contributed by atoms with Crippen LogP contribution in [0, 0.1) is 5.41 Å². The number of fused-ring (bicyclic) bond motifs is 4. The standard InChI is InChI=1S/C20H18O.2C2H6/c1-20(2)12-14-8-4-5-9-15(14)18-17(21)11-13-7-3-6-10-16(13)19(18)20;2*1-2/h3-10H,11-12H2,1-2H3;2*1-2H3. The molecule has 25 heavy (non-hydrogen) atoms. The summed E-state index contributed by atoms with van der Waals surface area (Å²) in [6.45, 7) is 12.5. The number of benzene rings is 2. The lowest BCUT2D eigenvalue weighted by Gasteiger charge is -2.39. The summed E-state index contributed by atoms with van der Waals surface area (Å²) in [4.78, 5) is 12.8. The van der Waals surface area contributed by atoms with Crippen molar-refractivity contribution in [3.63, 3.8) is 0 Å². The summed E-state index contributed by atoms with van der Waals surface area (Å²) in [5.41, 5.74) is 7.09. The number of rotatable bonds is 0. The van der Waals surface area contributed by atoms with E-state index in [-0.39, 0.29) is 11.2 Å². The Kier molecular flexibility index (Phi) is 6.00. The van der Waals surface area contributed by atoms with Gasteiger partial charge in [-0.3, -0.25) is 4.79 Å². The van der Waals surface area contributed by atoms with E-state index < -0.39 is 0 Å². The van der Waals surface area contributed by atoms with Gasteiger partial charge in [0.15, 0.2) is 5.78 Å². The van der Waals surface area contributed by atoms with Gasteiger partial charge in [-0.05, 0) is 39.7 Å². The molecule has 0 fully saturated rings. The third-order valence-electron chi connectivity index (χ3n) is 4.76. The molecule has 0 heterocycles. The van der Waals surface area contributed by atoms with E-state index in [4.69, 9.17) is 0 Å². The molecule has 1 heteroatoms. The summed E-state index contributed by atoms with van der Waals surface area (Å²) in [5, 5.41) is 0. The summed E-state index contributed by atoms with van der Waals surface area (Å²) in [6, 6.07) is 16.7. The monoisotopic (exact) mass is 334 g/mol. The van der Waals surface area contributed by atoms with Gasteiger partial charge in [0, 0.05) is 12.0 Å². The Hall–Kier alpha value is -2.15. The zero-order valence-electron chi connectivity index (χ0n) is 16.4. The SMILES string of the molecule is CC.CC.CC1(C)Cc2ccccc2C2=C1c1ccccc1CC2=O. The molecule has 0 spiro atoms. The Morgan fingerprint density at radius 1 is 0.760 bits per heavy atom. The lowest BCUT2D eigenvalue weighted by Crippen LogP contribution is -2.29. The van der Waals surface area contributed by atoms with Crippen molar-refractivity contribution in [1.82, 2.24) is 0 Å². The molecule has 0 N–H and O–H groups in total. The molecule has 0 aliphatic heterocycles. The highest BCUT2D eigenvalue weighted by molar-refractivity contribution is 6.31. The molecule has 2 aliphatic carbocycles. The maximum absolute atomic E-state index is 12.8. The Balaban J connectivity index is 0.000000528. The lowest BCUT2D eigenvalue weighted by molar-refractivity contribution is -0.113. The molecule has 0 amide bonds. The second-order valence-corrected chi connectivity index (χ2v) is 6.72. The number of Topliss-reactive ketones (excluding diaryl/α,β-unsaturated/α-hetero) is 1. The van der Waals surface area contributed by atoms with E-state index in [0.29, 0.717) is 6.42 Å². The molecule has 2 aromatic rings. The van der Waals surface area contributed by atoms with Crippen LogP contribution in [0.3, 0.4) is 0 Å². The molecule has 0 bridgehead atoms. The van der Waals surface area contributed by atoms with Crippen molar-refractivity contribution in [2.45, 2.75) is 54.4 Å². The zero-order chi connectivity index (χ0) is 18.6. The number of hydrogen-bond acceptors (Lipinski definition) is 1. The van der Waals surface area contributed by atoms with E-state index in [1.54, 1.807) is 0 Å². The van der Waals surface area contributed by atoms with Gasteiger partial charge in [0.05, 0.1) is 0 Å². The molecular weight excluding hydrogens is 304 g/mol. The molecule has 0 aromatic heterocycles. The minimum atomic E-state index is -0.00410. The fourth-order valence-corrected chi connectivity index (χ4v) is 3.92. The van der Waals surface area contributed by atoms with Crippen LogP contribution in [0.1, 0.15) is 63.8 Å². The summed E-state index contributed by atoms with van der Waals surface area (Å²) < 4.78 is 0. The maximum atomic E-state index is 12.8. The van der Waals surface area contributed by atoms with E-state index in [0.717, 1.165) is 17.6 Å². The number of carbonyl (C=O) groups is 1. The van der Waals surface area contributed by atoms with Crippen molar-refractivity contribution in [2.75, 3.05) is 0 Å². The van der Waals surface area contributed by atoms with Gasteiger partial charge >= 0.3 is 0 Å². The van der Waals surface area contributed by atoms with Crippen LogP contribution in [0.5, 0.6) is 0 Å². The smallest absolute Gasteiger partial charge is 0.168 e. The maximum Gasteiger partial charge on any atom is 0.168 e. The molecule has 0 atom stereocenters. The van der Waals surface area contributed by atoms with Crippen LogP contribution in [-0.4, -0.2) is 5.78 Å². The highest BCUT2D eigenvalue weighted by Crippen LogP contribution is 2.50. The van der Waals surface area contributed by atoms with Gasteiger partial charge in [0.25, 0.3) is 0 Å².